The Morgan fingerprint density at radius 2 is 1.76 bits per heavy atom. The van der Waals surface area contributed by atoms with Crippen LogP contribution in [0.15, 0.2) is 41.2 Å². The van der Waals surface area contributed by atoms with Gasteiger partial charge < -0.3 is 9.80 Å². The molecule has 2 aromatic rings. The monoisotopic (exact) mass is 340 g/mol. The van der Waals surface area contributed by atoms with Crippen molar-refractivity contribution in [1.29, 1.82) is 0 Å². The van der Waals surface area contributed by atoms with Gasteiger partial charge in [0, 0.05) is 45.5 Å². The van der Waals surface area contributed by atoms with Crippen LogP contribution in [-0.2, 0) is 13.6 Å². The number of aromatic nitrogens is 2. The minimum absolute atomic E-state index is 0.198. The summed E-state index contributed by atoms with van der Waals surface area (Å²) in [6, 6.07) is 11.2. The minimum atomic E-state index is -0.229. The molecular formula is C19H24N4O2. The molecule has 0 bridgehead atoms. The van der Waals surface area contributed by atoms with E-state index in [0.29, 0.717) is 6.54 Å². The van der Waals surface area contributed by atoms with Crippen molar-refractivity contribution in [1.82, 2.24) is 14.7 Å². The number of hydrogen-bond acceptors (Lipinski definition) is 4. The highest BCUT2D eigenvalue weighted by atomic mass is 16.2. The Kier molecular flexibility index (Phi) is 5.16. The van der Waals surface area contributed by atoms with Gasteiger partial charge in [-0.15, -0.1) is 0 Å². The van der Waals surface area contributed by atoms with Crippen molar-refractivity contribution in [2.24, 2.45) is 7.05 Å². The summed E-state index contributed by atoms with van der Waals surface area (Å²) in [4.78, 5) is 27.9. The smallest absolute Gasteiger partial charge is 0.274 e. The largest absolute Gasteiger partial charge is 0.372 e. The molecule has 0 N–H and O–H groups in total. The quantitative estimate of drug-likeness (QED) is 0.855. The second-order valence-electron chi connectivity index (χ2n) is 6.56. The van der Waals surface area contributed by atoms with Gasteiger partial charge in [0.05, 0.1) is 0 Å². The second kappa shape index (κ2) is 7.51. The maximum absolute atomic E-state index is 12.5. The van der Waals surface area contributed by atoms with E-state index in [4.69, 9.17) is 0 Å². The van der Waals surface area contributed by atoms with Crippen LogP contribution in [0.5, 0.6) is 0 Å². The number of amides is 1. The molecule has 0 unspecified atom stereocenters. The number of piperidine rings is 1. The van der Waals surface area contributed by atoms with Crippen LogP contribution in [0.4, 0.5) is 5.69 Å². The van der Waals surface area contributed by atoms with E-state index in [2.05, 4.69) is 34.3 Å². The molecule has 0 saturated carbocycles. The van der Waals surface area contributed by atoms with E-state index in [9.17, 15) is 9.59 Å². The Balaban J connectivity index is 1.65. The Morgan fingerprint density at radius 3 is 2.40 bits per heavy atom. The van der Waals surface area contributed by atoms with E-state index in [1.807, 2.05) is 0 Å². The lowest BCUT2D eigenvalue weighted by molar-refractivity contribution is 0.0776. The summed E-state index contributed by atoms with van der Waals surface area (Å²) in [7, 11) is 3.28. The molecule has 0 spiro atoms. The van der Waals surface area contributed by atoms with Gasteiger partial charge in [-0.1, -0.05) is 12.1 Å². The summed E-state index contributed by atoms with van der Waals surface area (Å²) in [5.74, 6) is -0.198. The summed E-state index contributed by atoms with van der Waals surface area (Å²) in [6.07, 6.45) is 3.83. The molecule has 2 heterocycles. The highest BCUT2D eigenvalue weighted by Crippen LogP contribution is 2.20. The summed E-state index contributed by atoms with van der Waals surface area (Å²) in [5, 5.41) is 4.02. The number of benzene rings is 1. The fourth-order valence-corrected chi connectivity index (χ4v) is 3.12. The third-order valence-electron chi connectivity index (χ3n) is 4.60. The maximum atomic E-state index is 12.5. The van der Waals surface area contributed by atoms with Crippen molar-refractivity contribution in [3.63, 3.8) is 0 Å². The van der Waals surface area contributed by atoms with Gasteiger partial charge in [0.25, 0.3) is 11.5 Å². The van der Waals surface area contributed by atoms with Gasteiger partial charge in [-0.3, -0.25) is 9.59 Å². The molecular weight excluding hydrogens is 316 g/mol. The molecule has 6 heteroatoms. The van der Waals surface area contributed by atoms with Gasteiger partial charge in [0.15, 0.2) is 0 Å². The predicted molar refractivity (Wildman–Crippen MR) is 97.8 cm³/mol. The lowest BCUT2D eigenvalue weighted by Crippen LogP contribution is -2.30. The van der Waals surface area contributed by atoms with Crippen molar-refractivity contribution in [2.45, 2.75) is 25.8 Å². The number of anilines is 1. The third kappa shape index (κ3) is 4.07. The fourth-order valence-electron chi connectivity index (χ4n) is 3.12. The molecule has 0 aliphatic carbocycles. The highest BCUT2D eigenvalue weighted by Gasteiger charge is 2.15. The Morgan fingerprint density at radius 1 is 1.08 bits per heavy atom. The van der Waals surface area contributed by atoms with Gasteiger partial charge in [-0.25, -0.2) is 4.68 Å². The topological polar surface area (TPSA) is 58.4 Å². The van der Waals surface area contributed by atoms with Gasteiger partial charge >= 0.3 is 0 Å². The average molecular weight is 340 g/mol. The Hall–Kier alpha value is -2.63. The predicted octanol–water partition coefficient (Wildman–Crippen LogP) is 2.04. The van der Waals surface area contributed by atoms with Crippen LogP contribution in [0.2, 0.25) is 0 Å². The molecule has 1 aromatic heterocycles. The molecule has 1 amide bonds. The first-order valence-electron chi connectivity index (χ1n) is 8.68. The molecule has 25 heavy (non-hydrogen) atoms. The molecule has 1 aliphatic rings. The van der Waals surface area contributed by atoms with Crippen LogP contribution >= 0.6 is 0 Å². The van der Waals surface area contributed by atoms with Gasteiger partial charge in [-0.2, -0.15) is 5.10 Å². The highest BCUT2D eigenvalue weighted by molar-refractivity contribution is 5.91. The number of rotatable bonds is 4. The van der Waals surface area contributed by atoms with E-state index in [1.165, 1.54) is 41.8 Å². The standard InChI is InChI=1S/C19H24N4O2/c1-21(19(25)17-10-11-18(24)22(2)20-17)14-15-6-8-16(9-7-15)23-12-4-3-5-13-23/h6-11H,3-5,12-14H2,1-2H3. The maximum Gasteiger partial charge on any atom is 0.274 e. The van der Waals surface area contributed by atoms with Crippen LogP contribution in [0.25, 0.3) is 0 Å². The zero-order valence-corrected chi connectivity index (χ0v) is 14.8. The van der Waals surface area contributed by atoms with Crippen molar-refractivity contribution >= 4 is 11.6 Å². The Bertz CT molecular complexity index is 792. The zero-order chi connectivity index (χ0) is 17.8. The SMILES string of the molecule is CN(Cc1ccc(N2CCCCC2)cc1)C(=O)c1ccc(=O)n(C)n1. The average Bonchev–Trinajstić information content (AvgIpc) is 2.64. The summed E-state index contributed by atoms with van der Waals surface area (Å²) in [5.41, 5.74) is 2.36. The third-order valence-corrected chi connectivity index (χ3v) is 4.60. The molecule has 132 valence electrons. The minimum Gasteiger partial charge on any atom is -0.372 e. The molecule has 0 radical (unpaired) electrons. The van der Waals surface area contributed by atoms with Crippen molar-refractivity contribution in [3.8, 4) is 0 Å². The number of carbonyl (C=O) groups excluding carboxylic acids is 1. The molecule has 1 aliphatic heterocycles. The number of nitrogens with zero attached hydrogens (tertiary/aromatic N) is 4. The number of hydrogen-bond donors (Lipinski definition) is 0. The first kappa shape index (κ1) is 17.2. The van der Waals surface area contributed by atoms with Crippen LogP contribution in [0.1, 0.15) is 35.3 Å². The second-order valence-corrected chi connectivity index (χ2v) is 6.56. The molecule has 1 aromatic carbocycles. The van der Waals surface area contributed by atoms with Gasteiger partial charge in [0.1, 0.15) is 5.69 Å². The summed E-state index contributed by atoms with van der Waals surface area (Å²) in [6.45, 7) is 2.75. The van der Waals surface area contributed by atoms with Gasteiger partial charge in [-0.05, 0) is 43.0 Å². The van der Waals surface area contributed by atoms with E-state index in [0.717, 1.165) is 18.7 Å². The first-order chi connectivity index (χ1) is 12.0. The van der Waals surface area contributed by atoms with E-state index in [1.54, 1.807) is 19.0 Å². The van der Waals surface area contributed by atoms with Crippen LogP contribution in [-0.4, -0.2) is 40.7 Å². The number of aryl methyl sites for hydroxylation is 1. The van der Waals surface area contributed by atoms with Gasteiger partial charge in [0.2, 0.25) is 0 Å². The fraction of sp³-hybridized carbons (Fsp3) is 0.421. The molecule has 0 atom stereocenters. The Labute approximate surface area is 147 Å². The lowest BCUT2D eigenvalue weighted by Gasteiger charge is -2.29. The van der Waals surface area contributed by atoms with E-state index >= 15 is 0 Å². The van der Waals surface area contributed by atoms with Crippen molar-refractivity contribution < 1.29 is 4.79 Å². The van der Waals surface area contributed by atoms with Crippen molar-refractivity contribution in [2.75, 3.05) is 25.0 Å². The molecule has 1 fully saturated rings. The van der Waals surface area contributed by atoms with Crippen molar-refractivity contribution in [3.05, 3.63) is 58.0 Å². The van der Waals surface area contributed by atoms with E-state index < -0.39 is 0 Å². The first-order valence-corrected chi connectivity index (χ1v) is 8.68. The summed E-state index contributed by atoms with van der Waals surface area (Å²) < 4.78 is 1.18. The molecule has 6 nitrogen and oxygen atoms in total. The van der Waals surface area contributed by atoms with Crippen LogP contribution in [0.3, 0.4) is 0 Å². The molecule has 3 rings (SSSR count). The lowest BCUT2D eigenvalue weighted by atomic mass is 10.1. The normalized spacial score (nSPS) is 14.4. The van der Waals surface area contributed by atoms with Crippen LogP contribution in [0, 0.1) is 0 Å². The summed E-state index contributed by atoms with van der Waals surface area (Å²) >= 11 is 0. The molecule has 1 saturated heterocycles. The van der Waals surface area contributed by atoms with E-state index in [-0.39, 0.29) is 17.2 Å². The number of carbonyl (C=O) groups is 1. The zero-order valence-electron chi connectivity index (χ0n) is 14.8. The van der Waals surface area contributed by atoms with Crippen LogP contribution < -0.4 is 10.5 Å².